The van der Waals surface area contributed by atoms with Gasteiger partial charge in [-0.1, -0.05) is 12.1 Å². The van der Waals surface area contributed by atoms with Crippen LogP contribution in [0, 0.1) is 5.82 Å². The maximum Gasteiger partial charge on any atom is 0.262 e. The topological polar surface area (TPSA) is 46.3 Å². The number of hydrogen-bond acceptors (Lipinski definition) is 2. The molecule has 2 N–H and O–H groups in total. The molecule has 1 amide bonds. The molecular formula is C15H12BrFN2O. The van der Waals surface area contributed by atoms with E-state index in [0.29, 0.717) is 23.1 Å². The summed E-state index contributed by atoms with van der Waals surface area (Å²) in [7, 11) is 0. The highest BCUT2D eigenvalue weighted by Crippen LogP contribution is 2.34. The highest BCUT2D eigenvalue weighted by Gasteiger charge is 2.29. The van der Waals surface area contributed by atoms with Crippen LogP contribution in [0.4, 0.5) is 15.8 Å². The zero-order chi connectivity index (χ0) is 14.3. The Kier molecular flexibility index (Phi) is 3.22. The van der Waals surface area contributed by atoms with Crippen LogP contribution in [0.2, 0.25) is 0 Å². The molecule has 3 nitrogen and oxygen atoms in total. The molecule has 2 aromatic rings. The molecule has 0 radical (unpaired) electrons. The van der Waals surface area contributed by atoms with Gasteiger partial charge in [0.25, 0.3) is 5.91 Å². The van der Waals surface area contributed by atoms with Crippen molar-refractivity contribution >= 4 is 33.2 Å². The van der Waals surface area contributed by atoms with Crippen molar-refractivity contribution in [2.24, 2.45) is 0 Å². The van der Waals surface area contributed by atoms with Crippen LogP contribution in [0.15, 0.2) is 40.9 Å². The van der Waals surface area contributed by atoms with Gasteiger partial charge in [0.2, 0.25) is 0 Å². The minimum absolute atomic E-state index is 0.0581. The zero-order valence-electron chi connectivity index (χ0n) is 10.6. The smallest absolute Gasteiger partial charge is 0.262 e. The third-order valence-corrected chi connectivity index (χ3v) is 4.15. The van der Waals surface area contributed by atoms with Crippen LogP contribution in [0.25, 0.3) is 0 Å². The molecule has 2 aromatic carbocycles. The fourth-order valence-corrected chi connectivity index (χ4v) is 3.02. The Morgan fingerprint density at radius 1 is 1.25 bits per heavy atom. The molecule has 0 saturated heterocycles. The first-order valence-corrected chi connectivity index (χ1v) is 7.02. The molecule has 0 unspecified atom stereocenters. The second-order valence-electron chi connectivity index (χ2n) is 4.65. The van der Waals surface area contributed by atoms with Crippen molar-refractivity contribution in [2.75, 3.05) is 17.2 Å². The Labute approximate surface area is 124 Å². The second-order valence-corrected chi connectivity index (χ2v) is 5.50. The van der Waals surface area contributed by atoms with Gasteiger partial charge in [0, 0.05) is 28.0 Å². The fourth-order valence-electron chi connectivity index (χ4n) is 2.51. The summed E-state index contributed by atoms with van der Waals surface area (Å²) in [6, 6.07) is 9.96. The maximum absolute atomic E-state index is 13.9. The number of anilines is 2. The number of benzene rings is 2. The summed E-state index contributed by atoms with van der Waals surface area (Å²) in [6.45, 7) is 0.517. The molecule has 1 aliphatic heterocycles. The van der Waals surface area contributed by atoms with Crippen molar-refractivity contribution in [3.63, 3.8) is 0 Å². The molecular weight excluding hydrogens is 323 g/mol. The van der Waals surface area contributed by atoms with E-state index in [1.165, 1.54) is 6.07 Å². The second kappa shape index (κ2) is 4.90. The van der Waals surface area contributed by atoms with E-state index in [9.17, 15) is 9.18 Å². The van der Waals surface area contributed by atoms with E-state index >= 15 is 0 Å². The summed E-state index contributed by atoms with van der Waals surface area (Å²) < 4.78 is 14.4. The number of amides is 1. The summed E-state index contributed by atoms with van der Waals surface area (Å²) in [5.74, 6) is -0.874. The number of nitrogens with two attached hydrogens (primary N) is 1. The molecule has 102 valence electrons. The van der Waals surface area contributed by atoms with Gasteiger partial charge in [-0.25, -0.2) is 4.39 Å². The SMILES string of the molecule is Nc1cccc2c1CCN2C(=O)c1c(F)cccc1Br. The molecule has 3 rings (SSSR count). The molecule has 0 aromatic heterocycles. The highest BCUT2D eigenvalue weighted by atomic mass is 79.9. The largest absolute Gasteiger partial charge is 0.398 e. The molecule has 1 heterocycles. The first-order chi connectivity index (χ1) is 9.59. The van der Waals surface area contributed by atoms with E-state index < -0.39 is 5.82 Å². The van der Waals surface area contributed by atoms with Gasteiger partial charge < -0.3 is 10.6 Å². The summed E-state index contributed by atoms with van der Waals surface area (Å²) in [6.07, 6.45) is 0.694. The van der Waals surface area contributed by atoms with Crippen LogP contribution >= 0.6 is 15.9 Å². The predicted molar refractivity (Wildman–Crippen MR) is 80.3 cm³/mol. The van der Waals surface area contributed by atoms with Crippen molar-refractivity contribution < 1.29 is 9.18 Å². The van der Waals surface area contributed by atoms with E-state index in [-0.39, 0.29) is 11.5 Å². The van der Waals surface area contributed by atoms with Crippen molar-refractivity contribution in [3.8, 4) is 0 Å². The zero-order valence-corrected chi connectivity index (χ0v) is 12.2. The average molecular weight is 335 g/mol. The molecule has 0 atom stereocenters. The summed E-state index contributed by atoms with van der Waals surface area (Å²) in [5, 5.41) is 0. The van der Waals surface area contributed by atoms with Crippen LogP contribution in [0.1, 0.15) is 15.9 Å². The number of fused-ring (bicyclic) bond motifs is 1. The molecule has 0 saturated carbocycles. The molecule has 1 aliphatic rings. The van der Waals surface area contributed by atoms with Gasteiger partial charge in [-0.3, -0.25) is 4.79 Å². The Morgan fingerprint density at radius 3 is 2.75 bits per heavy atom. The van der Waals surface area contributed by atoms with Gasteiger partial charge in [-0.2, -0.15) is 0 Å². The molecule has 0 fully saturated rings. The summed E-state index contributed by atoms with van der Waals surface area (Å²) in [4.78, 5) is 14.2. The number of carbonyl (C=O) groups excluding carboxylic acids is 1. The molecule has 0 bridgehead atoms. The van der Waals surface area contributed by atoms with Gasteiger partial charge in [-0.05, 0) is 46.6 Å². The number of nitrogens with zero attached hydrogens (tertiary/aromatic N) is 1. The minimum atomic E-state index is -0.526. The van der Waals surface area contributed by atoms with Crippen LogP contribution in [0.5, 0.6) is 0 Å². The van der Waals surface area contributed by atoms with E-state index in [0.717, 1.165) is 11.3 Å². The summed E-state index contributed by atoms with van der Waals surface area (Å²) >= 11 is 3.24. The normalized spacial score (nSPS) is 13.4. The molecule has 0 spiro atoms. The number of rotatable bonds is 1. The minimum Gasteiger partial charge on any atom is -0.398 e. The van der Waals surface area contributed by atoms with Crippen molar-refractivity contribution in [2.45, 2.75) is 6.42 Å². The van der Waals surface area contributed by atoms with Crippen LogP contribution in [-0.2, 0) is 6.42 Å². The standard InChI is InChI=1S/C15H12BrFN2O/c16-10-3-1-4-11(17)14(10)15(20)19-8-7-9-12(18)5-2-6-13(9)19/h1-6H,7-8,18H2. The maximum atomic E-state index is 13.9. The lowest BCUT2D eigenvalue weighted by molar-refractivity contribution is 0.0984. The van der Waals surface area contributed by atoms with Crippen LogP contribution < -0.4 is 10.6 Å². The van der Waals surface area contributed by atoms with E-state index in [4.69, 9.17) is 5.73 Å². The predicted octanol–water partition coefficient (Wildman–Crippen LogP) is 3.37. The van der Waals surface area contributed by atoms with Gasteiger partial charge >= 0.3 is 0 Å². The van der Waals surface area contributed by atoms with E-state index in [2.05, 4.69) is 15.9 Å². The Bertz CT molecular complexity index is 682. The third kappa shape index (κ3) is 1.98. The monoisotopic (exact) mass is 334 g/mol. The Balaban J connectivity index is 2.05. The van der Waals surface area contributed by atoms with Gasteiger partial charge in [0.1, 0.15) is 5.82 Å². The van der Waals surface area contributed by atoms with Crippen molar-refractivity contribution in [3.05, 3.63) is 57.8 Å². The fraction of sp³-hybridized carbons (Fsp3) is 0.133. The number of nitrogen functional groups attached to an aromatic ring is 1. The van der Waals surface area contributed by atoms with Gasteiger partial charge in [-0.15, -0.1) is 0 Å². The van der Waals surface area contributed by atoms with Crippen LogP contribution in [0.3, 0.4) is 0 Å². The van der Waals surface area contributed by atoms with Crippen LogP contribution in [-0.4, -0.2) is 12.5 Å². The Morgan fingerprint density at radius 2 is 2.00 bits per heavy atom. The first kappa shape index (κ1) is 13.1. The number of hydrogen-bond donors (Lipinski definition) is 1. The highest BCUT2D eigenvalue weighted by molar-refractivity contribution is 9.10. The van der Waals surface area contributed by atoms with E-state index in [1.807, 2.05) is 12.1 Å². The average Bonchev–Trinajstić information content (AvgIpc) is 2.83. The lowest BCUT2D eigenvalue weighted by Crippen LogP contribution is -2.30. The van der Waals surface area contributed by atoms with Gasteiger partial charge in [0.15, 0.2) is 0 Å². The molecule has 0 aliphatic carbocycles. The lowest BCUT2D eigenvalue weighted by Gasteiger charge is -2.18. The Hall–Kier alpha value is -1.88. The summed E-state index contributed by atoms with van der Waals surface area (Å²) in [5.41, 5.74) is 8.36. The van der Waals surface area contributed by atoms with Crippen molar-refractivity contribution in [1.29, 1.82) is 0 Å². The van der Waals surface area contributed by atoms with Crippen molar-refractivity contribution in [1.82, 2.24) is 0 Å². The van der Waals surface area contributed by atoms with E-state index in [1.54, 1.807) is 23.1 Å². The lowest BCUT2D eigenvalue weighted by atomic mass is 10.1. The first-order valence-electron chi connectivity index (χ1n) is 6.23. The number of halogens is 2. The quantitative estimate of drug-likeness (QED) is 0.812. The molecule has 5 heteroatoms. The number of carbonyl (C=O) groups is 1. The third-order valence-electron chi connectivity index (χ3n) is 3.49. The molecule has 20 heavy (non-hydrogen) atoms. The van der Waals surface area contributed by atoms with Gasteiger partial charge in [0.05, 0.1) is 5.56 Å².